The highest BCUT2D eigenvalue weighted by molar-refractivity contribution is 6.01. The summed E-state index contributed by atoms with van der Waals surface area (Å²) in [6.07, 6.45) is 2.08. The SMILES string of the molecule is COC(=O)c1nc(N)c2cc(Cc3ccc(F)cc3)cnc2c1O. The van der Waals surface area contributed by atoms with Crippen LogP contribution in [-0.4, -0.2) is 28.2 Å². The number of hydrogen-bond donors (Lipinski definition) is 2. The number of nitrogens with two attached hydrogens (primary N) is 1. The van der Waals surface area contributed by atoms with Crippen molar-refractivity contribution in [2.45, 2.75) is 6.42 Å². The second kappa shape index (κ2) is 6.11. The van der Waals surface area contributed by atoms with Gasteiger partial charge in [0.15, 0.2) is 11.4 Å². The number of carbonyl (C=O) groups is 1. The Morgan fingerprint density at radius 2 is 2.00 bits per heavy atom. The van der Waals surface area contributed by atoms with Gasteiger partial charge < -0.3 is 15.6 Å². The average Bonchev–Trinajstić information content (AvgIpc) is 2.59. The first-order chi connectivity index (χ1) is 11.5. The van der Waals surface area contributed by atoms with Crippen molar-refractivity contribution in [3.8, 4) is 5.75 Å². The third kappa shape index (κ3) is 2.83. The Morgan fingerprint density at radius 3 is 2.67 bits per heavy atom. The number of ether oxygens (including phenoxy) is 1. The van der Waals surface area contributed by atoms with Gasteiger partial charge in [-0.1, -0.05) is 12.1 Å². The van der Waals surface area contributed by atoms with Gasteiger partial charge >= 0.3 is 5.97 Å². The zero-order valence-electron chi connectivity index (χ0n) is 12.8. The summed E-state index contributed by atoms with van der Waals surface area (Å²) in [7, 11) is 1.18. The van der Waals surface area contributed by atoms with Crippen LogP contribution in [0.4, 0.5) is 10.2 Å². The molecule has 0 unspecified atom stereocenters. The maximum absolute atomic E-state index is 13.0. The van der Waals surface area contributed by atoms with E-state index in [4.69, 9.17) is 5.73 Å². The predicted molar refractivity (Wildman–Crippen MR) is 86.2 cm³/mol. The predicted octanol–water partition coefficient (Wildman–Crippen LogP) is 2.43. The molecule has 3 rings (SSSR count). The van der Waals surface area contributed by atoms with Gasteiger partial charge in [0.25, 0.3) is 0 Å². The van der Waals surface area contributed by atoms with Crippen LogP contribution in [0.2, 0.25) is 0 Å². The summed E-state index contributed by atoms with van der Waals surface area (Å²) in [5, 5.41) is 10.6. The van der Waals surface area contributed by atoms with E-state index in [1.807, 2.05) is 0 Å². The molecule has 122 valence electrons. The minimum Gasteiger partial charge on any atom is -0.504 e. The summed E-state index contributed by atoms with van der Waals surface area (Å²) in [6, 6.07) is 7.86. The molecule has 0 atom stereocenters. The number of aromatic nitrogens is 2. The van der Waals surface area contributed by atoms with Gasteiger partial charge in [0.1, 0.15) is 17.2 Å². The normalized spacial score (nSPS) is 10.8. The molecule has 0 aliphatic heterocycles. The van der Waals surface area contributed by atoms with Crippen LogP contribution in [0, 0.1) is 5.82 Å². The van der Waals surface area contributed by atoms with E-state index in [0.717, 1.165) is 11.1 Å². The van der Waals surface area contributed by atoms with Crippen LogP contribution >= 0.6 is 0 Å². The lowest BCUT2D eigenvalue weighted by atomic mass is 10.0. The molecule has 0 fully saturated rings. The van der Waals surface area contributed by atoms with Crippen molar-refractivity contribution in [3.63, 3.8) is 0 Å². The van der Waals surface area contributed by atoms with Crippen molar-refractivity contribution in [2.24, 2.45) is 0 Å². The molecule has 0 amide bonds. The van der Waals surface area contributed by atoms with E-state index in [1.165, 1.54) is 19.2 Å². The number of nitrogens with zero attached hydrogens (tertiary/aromatic N) is 2. The zero-order valence-corrected chi connectivity index (χ0v) is 12.8. The second-order valence-corrected chi connectivity index (χ2v) is 5.23. The fraction of sp³-hybridized carbons (Fsp3) is 0.118. The first-order valence-electron chi connectivity index (χ1n) is 7.09. The topological polar surface area (TPSA) is 98.3 Å². The zero-order chi connectivity index (χ0) is 17.3. The summed E-state index contributed by atoms with van der Waals surface area (Å²) in [4.78, 5) is 19.7. The molecule has 2 aromatic heterocycles. The molecule has 24 heavy (non-hydrogen) atoms. The van der Waals surface area contributed by atoms with Crippen molar-refractivity contribution < 1.29 is 19.0 Å². The number of rotatable bonds is 3. The van der Waals surface area contributed by atoms with Gasteiger partial charge in [-0.05, 0) is 35.7 Å². The summed E-state index contributed by atoms with van der Waals surface area (Å²) in [5.74, 6) is -1.40. The molecule has 3 N–H and O–H groups in total. The molecule has 0 aliphatic carbocycles. The molecular weight excluding hydrogens is 313 g/mol. The van der Waals surface area contributed by atoms with Crippen LogP contribution in [0.25, 0.3) is 10.9 Å². The molecule has 0 aliphatic rings. The lowest BCUT2D eigenvalue weighted by Crippen LogP contribution is -2.08. The Kier molecular flexibility index (Phi) is 3.99. The summed E-state index contributed by atoms with van der Waals surface area (Å²) >= 11 is 0. The molecule has 6 nitrogen and oxygen atoms in total. The van der Waals surface area contributed by atoms with E-state index in [1.54, 1.807) is 24.4 Å². The van der Waals surface area contributed by atoms with Crippen LogP contribution in [-0.2, 0) is 11.2 Å². The molecule has 0 radical (unpaired) electrons. The monoisotopic (exact) mass is 327 g/mol. The highest BCUT2D eigenvalue weighted by Crippen LogP contribution is 2.30. The molecule has 0 spiro atoms. The number of nitrogen functional groups attached to an aromatic ring is 1. The maximum atomic E-state index is 13.0. The number of fused-ring (bicyclic) bond motifs is 1. The maximum Gasteiger partial charge on any atom is 0.360 e. The van der Waals surface area contributed by atoms with Crippen LogP contribution < -0.4 is 5.73 Å². The summed E-state index contributed by atoms with van der Waals surface area (Å²) in [5.41, 5.74) is 7.49. The number of hydrogen-bond acceptors (Lipinski definition) is 6. The molecule has 1 aromatic carbocycles. The van der Waals surface area contributed by atoms with Crippen LogP contribution in [0.15, 0.2) is 36.5 Å². The molecule has 3 aromatic rings. The van der Waals surface area contributed by atoms with Gasteiger partial charge in [-0.15, -0.1) is 0 Å². The first kappa shape index (κ1) is 15.7. The minimum absolute atomic E-state index is 0.0663. The van der Waals surface area contributed by atoms with Gasteiger partial charge in [-0.25, -0.2) is 14.2 Å². The van der Waals surface area contributed by atoms with Crippen LogP contribution in [0.3, 0.4) is 0 Å². The largest absolute Gasteiger partial charge is 0.504 e. The van der Waals surface area contributed by atoms with Crippen molar-refractivity contribution in [1.29, 1.82) is 0 Å². The lowest BCUT2D eigenvalue weighted by molar-refractivity contribution is 0.0591. The van der Waals surface area contributed by atoms with Crippen molar-refractivity contribution in [3.05, 3.63) is 59.2 Å². The fourth-order valence-corrected chi connectivity index (χ4v) is 2.41. The Hall–Kier alpha value is -3.22. The number of benzene rings is 1. The van der Waals surface area contributed by atoms with Crippen LogP contribution in [0.1, 0.15) is 21.6 Å². The van der Waals surface area contributed by atoms with Gasteiger partial charge in [0.05, 0.1) is 7.11 Å². The van der Waals surface area contributed by atoms with Gasteiger partial charge in [0, 0.05) is 11.6 Å². The number of halogens is 1. The first-order valence-corrected chi connectivity index (χ1v) is 7.09. The van der Waals surface area contributed by atoms with E-state index >= 15 is 0 Å². The van der Waals surface area contributed by atoms with Crippen molar-refractivity contribution in [1.82, 2.24) is 9.97 Å². The highest BCUT2D eigenvalue weighted by atomic mass is 19.1. The summed E-state index contributed by atoms with van der Waals surface area (Å²) < 4.78 is 17.5. The van der Waals surface area contributed by atoms with Gasteiger partial charge in [-0.3, -0.25) is 4.98 Å². The van der Waals surface area contributed by atoms with Crippen LogP contribution in [0.5, 0.6) is 5.75 Å². The van der Waals surface area contributed by atoms with E-state index in [2.05, 4.69) is 14.7 Å². The lowest BCUT2D eigenvalue weighted by Gasteiger charge is -2.09. The molecule has 2 heterocycles. The third-order valence-electron chi connectivity index (χ3n) is 3.60. The smallest absolute Gasteiger partial charge is 0.360 e. The van der Waals surface area contributed by atoms with Gasteiger partial charge in [-0.2, -0.15) is 0 Å². The second-order valence-electron chi connectivity index (χ2n) is 5.23. The van der Waals surface area contributed by atoms with Crippen molar-refractivity contribution in [2.75, 3.05) is 12.8 Å². The molecule has 0 saturated carbocycles. The van der Waals surface area contributed by atoms with E-state index in [9.17, 15) is 14.3 Å². The molecular formula is C17H14FN3O3. The number of esters is 1. The average molecular weight is 327 g/mol. The van der Waals surface area contributed by atoms with E-state index < -0.39 is 5.97 Å². The molecule has 0 saturated heterocycles. The number of anilines is 1. The van der Waals surface area contributed by atoms with E-state index in [0.29, 0.717) is 11.8 Å². The Labute approximate surface area is 136 Å². The summed E-state index contributed by atoms with van der Waals surface area (Å²) in [6.45, 7) is 0. The highest BCUT2D eigenvalue weighted by Gasteiger charge is 2.19. The minimum atomic E-state index is -0.793. The molecule has 0 bridgehead atoms. The van der Waals surface area contributed by atoms with E-state index in [-0.39, 0.29) is 28.6 Å². The number of aromatic hydroxyl groups is 1. The number of carbonyl (C=O) groups excluding carboxylic acids is 1. The fourth-order valence-electron chi connectivity index (χ4n) is 2.41. The quantitative estimate of drug-likeness (QED) is 0.717. The Bertz CT molecular complexity index is 927. The van der Waals surface area contributed by atoms with Gasteiger partial charge in [0.2, 0.25) is 0 Å². The number of methoxy groups -OCH3 is 1. The standard InChI is InChI=1S/C17H14FN3O3/c1-24-17(23)14-15(22)13-12(16(19)21-14)7-10(8-20-13)6-9-2-4-11(18)5-3-9/h2-5,7-8,22H,6H2,1H3,(H2,19,21). The third-order valence-corrected chi connectivity index (χ3v) is 3.60. The Balaban J connectivity index is 2.04. The Morgan fingerprint density at radius 1 is 1.29 bits per heavy atom. The number of pyridine rings is 2. The van der Waals surface area contributed by atoms with Crippen molar-refractivity contribution >= 4 is 22.7 Å². The molecule has 7 heteroatoms.